The molecule has 3 aromatic rings. The number of hydrogen-bond donors (Lipinski definition) is 2. The second-order valence-electron chi connectivity index (χ2n) is 6.26. The van der Waals surface area contributed by atoms with Gasteiger partial charge in [-0.1, -0.05) is 42.1 Å². The molecule has 9 heteroatoms. The van der Waals surface area contributed by atoms with Crippen molar-refractivity contribution < 1.29 is 14.3 Å². The fraction of sp³-hybridized carbons (Fsp3) is 0.200. The van der Waals surface area contributed by atoms with Crippen molar-refractivity contribution in [1.82, 2.24) is 15.2 Å². The van der Waals surface area contributed by atoms with E-state index in [-0.39, 0.29) is 17.2 Å². The monoisotopic (exact) mass is 410 g/mol. The van der Waals surface area contributed by atoms with E-state index in [1.54, 1.807) is 18.2 Å². The molecule has 1 amide bonds. The van der Waals surface area contributed by atoms with Crippen LogP contribution < -0.4 is 20.3 Å². The van der Waals surface area contributed by atoms with E-state index in [0.717, 1.165) is 17.3 Å². The summed E-state index contributed by atoms with van der Waals surface area (Å²) in [5.41, 5.74) is 1.61. The summed E-state index contributed by atoms with van der Waals surface area (Å²) in [6, 6.07) is 14.8. The molecule has 8 nitrogen and oxygen atoms in total. The summed E-state index contributed by atoms with van der Waals surface area (Å²) in [5, 5.41) is 11.1. The molecule has 0 radical (unpaired) electrons. The first-order valence-electron chi connectivity index (χ1n) is 8.99. The van der Waals surface area contributed by atoms with Gasteiger partial charge in [-0.15, -0.1) is 10.2 Å². The number of anilines is 1. The van der Waals surface area contributed by atoms with Crippen molar-refractivity contribution in [2.75, 3.05) is 24.3 Å². The first kappa shape index (κ1) is 19.0. The van der Waals surface area contributed by atoms with Crippen LogP contribution in [0.3, 0.4) is 0 Å². The average molecular weight is 410 g/mol. The van der Waals surface area contributed by atoms with E-state index in [1.165, 1.54) is 0 Å². The third-order valence-electron chi connectivity index (χ3n) is 4.12. The summed E-state index contributed by atoms with van der Waals surface area (Å²) < 4.78 is 11.0. The van der Waals surface area contributed by atoms with Crippen molar-refractivity contribution in [3.8, 4) is 11.5 Å². The number of rotatable bonds is 6. The molecule has 0 aliphatic carbocycles. The standard InChI is InChI=1S/C20H18N4O4S/c25-18(21-14-6-7-16-17(11-14)28-9-8-27-16)12-29-20-22-19(26)15(23-24-20)10-13-4-2-1-3-5-13/h1-7,11H,8-10,12H2,(H,21,25)(H,22,24,26). The lowest BCUT2D eigenvalue weighted by Crippen LogP contribution is -2.19. The molecule has 1 aliphatic rings. The van der Waals surface area contributed by atoms with Crippen molar-refractivity contribution in [3.05, 3.63) is 70.1 Å². The Bertz CT molecular complexity index is 1070. The quantitative estimate of drug-likeness (QED) is 0.601. The molecule has 148 valence electrons. The summed E-state index contributed by atoms with van der Waals surface area (Å²) in [7, 11) is 0. The van der Waals surface area contributed by atoms with E-state index in [9.17, 15) is 9.59 Å². The summed E-state index contributed by atoms with van der Waals surface area (Å²) in [4.78, 5) is 27.1. The number of H-pyrrole nitrogens is 1. The summed E-state index contributed by atoms with van der Waals surface area (Å²) >= 11 is 1.11. The fourth-order valence-electron chi connectivity index (χ4n) is 2.77. The van der Waals surface area contributed by atoms with E-state index >= 15 is 0 Å². The third kappa shape index (κ3) is 4.94. The van der Waals surface area contributed by atoms with E-state index in [1.807, 2.05) is 30.3 Å². The van der Waals surface area contributed by atoms with Gasteiger partial charge in [-0.2, -0.15) is 0 Å². The van der Waals surface area contributed by atoms with Crippen molar-refractivity contribution >= 4 is 23.4 Å². The number of aromatic amines is 1. The predicted octanol–water partition coefficient (Wildman–Crippen LogP) is 2.26. The van der Waals surface area contributed by atoms with Gasteiger partial charge in [0.2, 0.25) is 5.91 Å². The summed E-state index contributed by atoms with van der Waals surface area (Å²) in [6.45, 7) is 0.991. The van der Waals surface area contributed by atoms with E-state index in [0.29, 0.717) is 47.7 Å². The van der Waals surface area contributed by atoms with E-state index < -0.39 is 0 Å². The molecule has 2 N–H and O–H groups in total. The van der Waals surface area contributed by atoms with Gasteiger partial charge in [0.1, 0.15) is 18.9 Å². The zero-order valence-electron chi connectivity index (χ0n) is 15.4. The van der Waals surface area contributed by atoms with Gasteiger partial charge in [0, 0.05) is 18.2 Å². The van der Waals surface area contributed by atoms with Crippen LogP contribution in [0, 0.1) is 0 Å². The molecule has 29 heavy (non-hydrogen) atoms. The number of carbonyl (C=O) groups is 1. The number of carbonyl (C=O) groups excluding carboxylic acids is 1. The van der Waals surface area contributed by atoms with Gasteiger partial charge in [-0.25, -0.2) is 0 Å². The molecule has 0 fully saturated rings. The number of hydrogen-bond acceptors (Lipinski definition) is 7. The average Bonchev–Trinajstić information content (AvgIpc) is 2.75. The fourth-order valence-corrected chi connectivity index (χ4v) is 3.37. The number of benzene rings is 2. The van der Waals surface area contributed by atoms with Gasteiger partial charge in [0.05, 0.1) is 5.75 Å². The Morgan fingerprint density at radius 1 is 1.07 bits per heavy atom. The van der Waals surface area contributed by atoms with Crippen LogP contribution in [0.15, 0.2) is 58.5 Å². The highest BCUT2D eigenvalue weighted by Gasteiger charge is 2.13. The van der Waals surface area contributed by atoms with Gasteiger partial charge >= 0.3 is 0 Å². The molecule has 0 saturated heterocycles. The minimum Gasteiger partial charge on any atom is -0.486 e. The highest BCUT2D eigenvalue weighted by atomic mass is 32.2. The Kier molecular flexibility index (Phi) is 5.76. The van der Waals surface area contributed by atoms with Crippen LogP contribution in [0.2, 0.25) is 0 Å². The molecule has 0 spiro atoms. The zero-order chi connectivity index (χ0) is 20.1. The van der Waals surface area contributed by atoms with Crippen LogP contribution in [0.4, 0.5) is 5.69 Å². The Labute approximate surface area is 170 Å². The third-order valence-corrected chi connectivity index (χ3v) is 4.99. The predicted molar refractivity (Wildman–Crippen MR) is 109 cm³/mol. The van der Waals surface area contributed by atoms with Gasteiger partial charge in [-0.3, -0.25) is 14.6 Å². The molecular weight excluding hydrogens is 392 g/mol. The van der Waals surface area contributed by atoms with Gasteiger partial charge < -0.3 is 14.8 Å². The summed E-state index contributed by atoms with van der Waals surface area (Å²) in [6.07, 6.45) is 0.402. The lowest BCUT2D eigenvalue weighted by atomic mass is 10.1. The molecule has 0 bridgehead atoms. The first-order valence-corrected chi connectivity index (χ1v) is 9.98. The lowest BCUT2D eigenvalue weighted by molar-refractivity contribution is -0.113. The van der Waals surface area contributed by atoms with Crippen molar-refractivity contribution in [2.45, 2.75) is 11.6 Å². The molecule has 2 aromatic carbocycles. The van der Waals surface area contributed by atoms with E-state index in [4.69, 9.17) is 9.47 Å². The van der Waals surface area contributed by atoms with Crippen LogP contribution in [0.1, 0.15) is 11.3 Å². The number of amides is 1. The highest BCUT2D eigenvalue weighted by molar-refractivity contribution is 7.99. The van der Waals surface area contributed by atoms with Crippen molar-refractivity contribution in [2.24, 2.45) is 0 Å². The second-order valence-corrected chi connectivity index (χ2v) is 7.23. The van der Waals surface area contributed by atoms with Crippen LogP contribution in [-0.2, 0) is 11.2 Å². The van der Waals surface area contributed by atoms with Gasteiger partial charge in [0.15, 0.2) is 16.7 Å². The molecule has 1 aliphatic heterocycles. The molecular formula is C20H18N4O4S. The maximum Gasteiger partial charge on any atom is 0.273 e. The number of nitrogens with one attached hydrogen (secondary N) is 2. The maximum atomic E-state index is 12.2. The largest absolute Gasteiger partial charge is 0.486 e. The summed E-state index contributed by atoms with van der Waals surface area (Å²) in [5.74, 6) is 1.11. The Hall–Kier alpha value is -3.33. The second kappa shape index (κ2) is 8.78. The normalized spacial score (nSPS) is 12.4. The molecule has 0 unspecified atom stereocenters. The lowest BCUT2D eigenvalue weighted by Gasteiger charge is -2.18. The number of ether oxygens (including phenoxy) is 2. The smallest absolute Gasteiger partial charge is 0.273 e. The zero-order valence-corrected chi connectivity index (χ0v) is 16.2. The van der Waals surface area contributed by atoms with Gasteiger partial charge in [0.25, 0.3) is 5.56 Å². The maximum absolute atomic E-state index is 12.2. The highest BCUT2D eigenvalue weighted by Crippen LogP contribution is 2.32. The number of aromatic nitrogens is 3. The number of thioether (sulfide) groups is 1. The first-order chi connectivity index (χ1) is 14.2. The molecule has 1 aromatic heterocycles. The molecule has 0 atom stereocenters. The van der Waals surface area contributed by atoms with Crippen LogP contribution in [-0.4, -0.2) is 40.1 Å². The van der Waals surface area contributed by atoms with Crippen molar-refractivity contribution in [1.29, 1.82) is 0 Å². The van der Waals surface area contributed by atoms with Gasteiger partial charge in [-0.05, 0) is 17.7 Å². The Balaban J connectivity index is 1.33. The molecule has 4 rings (SSSR count). The molecule has 2 heterocycles. The minimum atomic E-state index is -0.307. The van der Waals surface area contributed by atoms with E-state index in [2.05, 4.69) is 20.5 Å². The SMILES string of the molecule is O=C(CSc1nnc(Cc2ccccc2)c(=O)[nH]1)Nc1ccc2c(c1)OCCO2. The molecule has 0 saturated carbocycles. The number of fused-ring (bicyclic) bond motifs is 1. The van der Waals surface area contributed by atoms with Crippen molar-refractivity contribution in [3.63, 3.8) is 0 Å². The Morgan fingerprint density at radius 2 is 1.86 bits per heavy atom. The van der Waals surface area contributed by atoms with Crippen LogP contribution >= 0.6 is 11.8 Å². The minimum absolute atomic E-state index is 0.0805. The number of nitrogens with zero attached hydrogens (tertiary/aromatic N) is 2. The van der Waals surface area contributed by atoms with Crippen LogP contribution in [0.5, 0.6) is 11.5 Å². The topological polar surface area (TPSA) is 106 Å². The van der Waals surface area contributed by atoms with Crippen LogP contribution in [0.25, 0.3) is 0 Å². The Morgan fingerprint density at radius 3 is 2.66 bits per heavy atom.